The number of benzene rings is 2. The predicted octanol–water partition coefficient (Wildman–Crippen LogP) is 2.79. The molecule has 2 aromatic carbocycles. The van der Waals surface area contributed by atoms with Gasteiger partial charge in [0.25, 0.3) is 0 Å². The van der Waals surface area contributed by atoms with Crippen molar-refractivity contribution in [3.63, 3.8) is 0 Å². The maximum absolute atomic E-state index is 5.49. The van der Waals surface area contributed by atoms with Gasteiger partial charge in [0.15, 0.2) is 0 Å². The molecule has 2 rings (SSSR count). The Labute approximate surface area is 87.4 Å². The Morgan fingerprint density at radius 1 is 1.21 bits per heavy atom. The summed E-state index contributed by atoms with van der Waals surface area (Å²) in [5, 5.41) is 7.73. The molecule has 0 fully saturated rings. The Morgan fingerprint density at radius 3 is 2.79 bits per heavy atom. The summed E-state index contributed by atoms with van der Waals surface area (Å²) in [5.41, 5.74) is 0.927. The van der Waals surface area contributed by atoms with Gasteiger partial charge in [-0.3, -0.25) is 5.14 Å². The van der Waals surface area contributed by atoms with Gasteiger partial charge in [-0.15, -0.1) is 6.42 Å². The van der Waals surface area contributed by atoms with E-state index in [-0.39, 0.29) is 0 Å². The van der Waals surface area contributed by atoms with Gasteiger partial charge < -0.3 is 0 Å². The molecule has 0 aromatic heterocycles. The lowest BCUT2D eigenvalue weighted by molar-refractivity contribution is 1.50. The van der Waals surface area contributed by atoms with Crippen molar-refractivity contribution in [1.82, 2.24) is 0 Å². The zero-order chi connectivity index (χ0) is 9.97. The van der Waals surface area contributed by atoms with E-state index in [1.54, 1.807) is 0 Å². The molecule has 0 spiro atoms. The second-order valence-corrected chi connectivity index (χ2v) is 3.66. The number of hydrogen-bond acceptors (Lipinski definition) is 2. The lowest BCUT2D eigenvalue weighted by atomic mass is 10.1. The molecule has 0 aliphatic carbocycles. The van der Waals surface area contributed by atoms with Gasteiger partial charge in [0, 0.05) is 10.5 Å². The van der Waals surface area contributed by atoms with E-state index in [4.69, 9.17) is 11.6 Å². The van der Waals surface area contributed by atoms with E-state index in [0.717, 1.165) is 21.2 Å². The summed E-state index contributed by atoms with van der Waals surface area (Å²) >= 11 is 1.25. The van der Waals surface area contributed by atoms with Gasteiger partial charge in [-0.1, -0.05) is 24.1 Å². The van der Waals surface area contributed by atoms with Crippen molar-refractivity contribution in [3.05, 3.63) is 42.0 Å². The number of fused-ring (bicyclic) bond motifs is 1. The Kier molecular flexibility index (Phi) is 2.45. The first kappa shape index (κ1) is 9.14. The van der Waals surface area contributed by atoms with E-state index in [2.05, 4.69) is 5.92 Å². The normalized spacial score (nSPS) is 10.0. The maximum atomic E-state index is 5.49. The molecule has 68 valence electrons. The molecule has 14 heavy (non-hydrogen) atoms. The fraction of sp³-hybridized carbons (Fsp3) is 0. The predicted molar refractivity (Wildman–Crippen MR) is 61.9 cm³/mol. The maximum Gasteiger partial charge on any atom is 0.0321 e. The molecular weight excluding hydrogens is 190 g/mol. The molecule has 0 aliphatic rings. The summed E-state index contributed by atoms with van der Waals surface area (Å²) in [4.78, 5) is 1.05. The molecule has 2 aromatic rings. The summed E-state index contributed by atoms with van der Waals surface area (Å²) in [6.45, 7) is 0. The van der Waals surface area contributed by atoms with Crippen molar-refractivity contribution in [2.75, 3.05) is 0 Å². The third-order valence-corrected chi connectivity index (χ3v) is 2.67. The highest BCUT2D eigenvalue weighted by Gasteiger charge is 1.98. The van der Waals surface area contributed by atoms with Crippen LogP contribution in [0.1, 0.15) is 5.56 Å². The van der Waals surface area contributed by atoms with Crippen LogP contribution in [0.25, 0.3) is 10.8 Å². The van der Waals surface area contributed by atoms with E-state index >= 15 is 0 Å². The third kappa shape index (κ3) is 1.48. The van der Waals surface area contributed by atoms with Crippen LogP contribution in [0.5, 0.6) is 0 Å². The van der Waals surface area contributed by atoms with Crippen molar-refractivity contribution < 1.29 is 0 Å². The van der Waals surface area contributed by atoms with Gasteiger partial charge in [-0.25, -0.2) is 0 Å². The van der Waals surface area contributed by atoms with Gasteiger partial charge in [-0.05, 0) is 40.9 Å². The minimum absolute atomic E-state index is 0.927. The molecule has 1 nitrogen and oxygen atoms in total. The van der Waals surface area contributed by atoms with E-state index in [0.29, 0.717) is 0 Å². The van der Waals surface area contributed by atoms with Crippen molar-refractivity contribution in [2.45, 2.75) is 4.90 Å². The van der Waals surface area contributed by atoms with E-state index in [9.17, 15) is 0 Å². The first-order valence-electron chi connectivity index (χ1n) is 4.21. The van der Waals surface area contributed by atoms with Crippen LogP contribution < -0.4 is 5.14 Å². The third-order valence-electron chi connectivity index (χ3n) is 2.14. The molecule has 0 radical (unpaired) electrons. The van der Waals surface area contributed by atoms with Gasteiger partial charge in [0.05, 0.1) is 0 Å². The molecule has 2 N–H and O–H groups in total. The minimum atomic E-state index is 0.927. The molecular formula is C12H9NS. The average molecular weight is 199 g/mol. The second kappa shape index (κ2) is 3.75. The largest absolute Gasteiger partial charge is 0.274 e. The van der Waals surface area contributed by atoms with Crippen LogP contribution in [0, 0.1) is 12.3 Å². The van der Waals surface area contributed by atoms with Gasteiger partial charge >= 0.3 is 0 Å². The summed E-state index contributed by atoms with van der Waals surface area (Å²) < 4.78 is 0. The molecule has 0 atom stereocenters. The van der Waals surface area contributed by atoms with Crippen LogP contribution in [-0.4, -0.2) is 0 Å². The van der Waals surface area contributed by atoms with E-state index in [1.807, 2.05) is 36.4 Å². The van der Waals surface area contributed by atoms with Crippen LogP contribution in [0.3, 0.4) is 0 Å². The van der Waals surface area contributed by atoms with Crippen molar-refractivity contribution in [1.29, 1.82) is 0 Å². The monoisotopic (exact) mass is 199 g/mol. The SMILES string of the molecule is C#Cc1cccc2cc(SN)ccc12. The Morgan fingerprint density at radius 2 is 2.07 bits per heavy atom. The standard InChI is InChI=1S/C12H9NS/c1-2-9-4-3-5-10-8-11(14-13)6-7-12(9)10/h1,3-8H,13H2. The molecule has 0 heterocycles. The zero-order valence-electron chi connectivity index (χ0n) is 7.53. The summed E-state index contributed by atoms with van der Waals surface area (Å²) in [6.07, 6.45) is 5.41. The van der Waals surface area contributed by atoms with Gasteiger partial charge in [0.1, 0.15) is 0 Å². The Bertz CT molecular complexity index is 511. The van der Waals surface area contributed by atoms with E-state index < -0.39 is 0 Å². The van der Waals surface area contributed by atoms with Crippen molar-refractivity contribution in [3.8, 4) is 12.3 Å². The smallest absolute Gasteiger partial charge is 0.0321 e. The van der Waals surface area contributed by atoms with Crippen LogP contribution in [-0.2, 0) is 0 Å². The number of terminal acetylenes is 1. The number of hydrogen-bond donors (Lipinski definition) is 1. The van der Waals surface area contributed by atoms with Crippen LogP contribution in [0.2, 0.25) is 0 Å². The molecule has 0 unspecified atom stereocenters. The summed E-state index contributed by atoms with van der Waals surface area (Å²) in [7, 11) is 0. The molecule has 0 bridgehead atoms. The average Bonchev–Trinajstić information content (AvgIpc) is 2.27. The highest BCUT2D eigenvalue weighted by molar-refractivity contribution is 7.97. The molecule has 0 saturated heterocycles. The Hall–Kier alpha value is -1.43. The Balaban J connectivity index is 2.75. The quantitative estimate of drug-likeness (QED) is 0.564. The summed E-state index contributed by atoms with van der Waals surface area (Å²) in [6, 6.07) is 12.0. The topological polar surface area (TPSA) is 26.0 Å². The van der Waals surface area contributed by atoms with Crippen molar-refractivity contribution in [2.24, 2.45) is 5.14 Å². The summed E-state index contributed by atoms with van der Waals surface area (Å²) in [5.74, 6) is 2.67. The first-order chi connectivity index (χ1) is 6.85. The van der Waals surface area contributed by atoms with Gasteiger partial charge in [-0.2, -0.15) is 0 Å². The van der Waals surface area contributed by atoms with Gasteiger partial charge in [0.2, 0.25) is 0 Å². The minimum Gasteiger partial charge on any atom is -0.274 e. The van der Waals surface area contributed by atoms with Crippen molar-refractivity contribution >= 4 is 22.7 Å². The number of nitrogens with two attached hydrogens (primary N) is 1. The molecule has 0 aliphatic heterocycles. The number of rotatable bonds is 1. The fourth-order valence-electron chi connectivity index (χ4n) is 1.46. The highest BCUT2D eigenvalue weighted by Crippen LogP contribution is 2.22. The molecule has 0 amide bonds. The van der Waals surface area contributed by atoms with Crippen LogP contribution in [0.4, 0.5) is 0 Å². The lowest BCUT2D eigenvalue weighted by Gasteiger charge is -2.02. The fourth-order valence-corrected chi connectivity index (χ4v) is 1.80. The zero-order valence-corrected chi connectivity index (χ0v) is 8.34. The van der Waals surface area contributed by atoms with E-state index in [1.165, 1.54) is 11.9 Å². The highest BCUT2D eigenvalue weighted by atomic mass is 32.2. The van der Waals surface area contributed by atoms with Crippen LogP contribution >= 0.6 is 11.9 Å². The molecule has 0 saturated carbocycles. The lowest BCUT2D eigenvalue weighted by Crippen LogP contribution is -1.82. The second-order valence-electron chi connectivity index (χ2n) is 2.95. The molecule has 2 heteroatoms. The van der Waals surface area contributed by atoms with Crippen LogP contribution in [0.15, 0.2) is 41.3 Å². The first-order valence-corrected chi connectivity index (χ1v) is 5.09.